The van der Waals surface area contributed by atoms with Gasteiger partial charge in [0.25, 0.3) is 0 Å². The first kappa shape index (κ1) is 11.9. The van der Waals surface area contributed by atoms with Gasteiger partial charge in [0.05, 0.1) is 25.2 Å². The topological polar surface area (TPSA) is 87.1 Å². The van der Waals surface area contributed by atoms with Gasteiger partial charge in [-0.25, -0.2) is 4.79 Å². The van der Waals surface area contributed by atoms with Gasteiger partial charge in [-0.3, -0.25) is 9.69 Å². The number of methoxy groups -OCH3 is 1. The predicted molar refractivity (Wildman–Crippen MR) is 56.6 cm³/mol. The van der Waals surface area contributed by atoms with Crippen LogP contribution in [0.5, 0.6) is 0 Å². The van der Waals surface area contributed by atoms with Crippen molar-refractivity contribution in [3.05, 3.63) is 11.5 Å². The highest BCUT2D eigenvalue weighted by molar-refractivity contribution is 5.99. The molecule has 0 aromatic carbocycles. The van der Waals surface area contributed by atoms with E-state index < -0.39 is 18.0 Å². The summed E-state index contributed by atoms with van der Waals surface area (Å²) >= 11 is 0. The number of ether oxygens (including phenoxy) is 1. The van der Waals surface area contributed by atoms with Crippen LogP contribution in [0.1, 0.15) is 13.8 Å². The number of fused-ring (bicyclic) bond motifs is 1. The molecule has 6 nitrogen and oxygen atoms in total. The first-order valence-electron chi connectivity index (χ1n) is 5.44. The van der Waals surface area contributed by atoms with Gasteiger partial charge in [-0.1, -0.05) is 6.92 Å². The third-order valence-electron chi connectivity index (χ3n) is 3.53. The zero-order valence-electron chi connectivity index (χ0n) is 9.88. The van der Waals surface area contributed by atoms with E-state index in [2.05, 4.69) is 0 Å². The minimum Gasteiger partial charge on any atom is -0.498 e. The third-order valence-corrected chi connectivity index (χ3v) is 3.53. The van der Waals surface area contributed by atoms with E-state index in [1.807, 2.05) is 0 Å². The number of rotatable bonds is 3. The first-order chi connectivity index (χ1) is 7.91. The molecule has 1 fully saturated rings. The Morgan fingerprint density at radius 2 is 2.12 bits per heavy atom. The van der Waals surface area contributed by atoms with E-state index in [1.165, 1.54) is 18.9 Å². The van der Waals surface area contributed by atoms with Gasteiger partial charge in [0.15, 0.2) is 5.70 Å². The minimum absolute atomic E-state index is 0.0908. The smallest absolute Gasteiger partial charge is 0.356 e. The van der Waals surface area contributed by atoms with E-state index in [4.69, 9.17) is 9.84 Å². The summed E-state index contributed by atoms with van der Waals surface area (Å²) in [4.78, 5) is 24.2. The highest BCUT2D eigenvalue weighted by atomic mass is 16.5. The maximum atomic E-state index is 11.8. The van der Waals surface area contributed by atoms with Crippen LogP contribution in [-0.4, -0.2) is 46.2 Å². The highest BCUT2D eigenvalue weighted by Crippen LogP contribution is 2.47. The van der Waals surface area contributed by atoms with Crippen molar-refractivity contribution < 1.29 is 24.5 Å². The molecule has 2 rings (SSSR count). The standard InChI is InChI=1S/C11H15NO5/c1-4-7-6(5(2)13)10(14)12(7)8(11(15)16)9(4)17-3/h4-7,13H,1-3H3,(H,15,16)/t4-,5-,6-,7?/m1/s1. The number of hydrogen-bond donors (Lipinski definition) is 2. The van der Waals surface area contributed by atoms with Gasteiger partial charge in [-0.2, -0.15) is 0 Å². The molecule has 2 N–H and O–H groups in total. The molecule has 2 aliphatic heterocycles. The van der Waals surface area contributed by atoms with E-state index in [-0.39, 0.29) is 23.6 Å². The molecule has 1 saturated heterocycles. The van der Waals surface area contributed by atoms with Gasteiger partial charge in [-0.15, -0.1) is 0 Å². The van der Waals surface area contributed by atoms with Crippen molar-refractivity contribution in [2.45, 2.75) is 26.0 Å². The summed E-state index contributed by atoms with van der Waals surface area (Å²) < 4.78 is 5.08. The number of aliphatic carboxylic acids is 1. The molecule has 17 heavy (non-hydrogen) atoms. The lowest BCUT2D eigenvalue weighted by molar-refractivity contribution is -0.163. The second kappa shape index (κ2) is 3.73. The first-order valence-corrected chi connectivity index (χ1v) is 5.44. The van der Waals surface area contributed by atoms with Crippen molar-refractivity contribution in [3.63, 3.8) is 0 Å². The average Bonchev–Trinajstić information content (AvgIpc) is 2.47. The summed E-state index contributed by atoms with van der Waals surface area (Å²) in [7, 11) is 1.39. The molecule has 94 valence electrons. The molecule has 0 aromatic heterocycles. The molecule has 4 atom stereocenters. The van der Waals surface area contributed by atoms with E-state index in [0.29, 0.717) is 5.76 Å². The summed E-state index contributed by atoms with van der Waals surface area (Å²) in [5.74, 6) is -1.95. The van der Waals surface area contributed by atoms with Crippen LogP contribution in [0.4, 0.5) is 0 Å². The Kier molecular flexibility index (Phi) is 2.61. The van der Waals surface area contributed by atoms with Gasteiger partial charge >= 0.3 is 5.97 Å². The van der Waals surface area contributed by atoms with Crippen molar-refractivity contribution in [3.8, 4) is 0 Å². The fourth-order valence-electron chi connectivity index (χ4n) is 2.80. The Hall–Kier alpha value is -1.56. The van der Waals surface area contributed by atoms with Gasteiger partial charge < -0.3 is 14.9 Å². The van der Waals surface area contributed by atoms with Crippen molar-refractivity contribution in [2.75, 3.05) is 7.11 Å². The van der Waals surface area contributed by atoms with Crippen LogP contribution in [-0.2, 0) is 14.3 Å². The number of carboxylic acid groups (broad SMARTS) is 1. The maximum Gasteiger partial charge on any atom is 0.356 e. The monoisotopic (exact) mass is 241 g/mol. The molecule has 6 heteroatoms. The fourth-order valence-corrected chi connectivity index (χ4v) is 2.80. The van der Waals surface area contributed by atoms with Gasteiger partial charge in [0.1, 0.15) is 5.76 Å². The normalized spacial score (nSPS) is 33.3. The van der Waals surface area contributed by atoms with E-state index >= 15 is 0 Å². The lowest BCUT2D eigenvalue weighted by atomic mass is 9.79. The Bertz CT molecular complexity index is 414. The SMILES string of the molecule is COC1=C(C(=O)O)N2C(=O)[C@H]([C@@H](C)O)C2[C@H]1C. The summed E-state index contributed by atoms with van der Waals surface area (Å²) in [6, 6.07) is -0.302. The number of hydrogen-bond acceptors (Lipinski definition) is 4. The van der Waals surface area contributed by atoms with Crippen LogP contribution in [0, 0.1) is 11.8 Å². The summed E-state index contributed by atoms with van der Waals surface area (Å²) in [6.45, 7) is 3.34. The molecule has 0 aliphatic carbocycles. The zero-order chi connectivity index (χ0) is 12.9. The van der Waals surface area contributed by atoms with Crippen LogP contribution in [0.2, 0.25) is 0 Å². The number of amides is 1. The van der Waals surface area contributed by atoms with Gasteiger partial charge in [-0.05, 0) is 6.92 Å². The fraction of sp³-hybridized carbons (Fsp3) is 0.636. The largest absolute Gasteiger partial charge is 0.498 e. The molecule has 0 aromatic rings. The van der Waals surface area contributed by atoms with Gasteiger partial charge in [0.2, 0.25) is 5.91 Å². The van der Waals surface area contributed by atoms with Crippen molar-refractivity contribution >= 4 is 11.9 Å². The van der Waals surface area contributed by atoms with Crippen LogP contribution < -0.4 is 0 Å². The van der Waals surface area contributed by atoms with Crippen LogP contribution >= 0.6 is 0 Å². The van der Waals surface area contributed by atoms with Crippen molar-refractivity contribution in [1.82, 2.24) is 4.90 Å². The molecule has 0 bridgehead atoms. The second-order valence-corrected chi connectivity index (χ2v) is 4.48. The predicted octanol–water partition coefficient (Wildman–Crippen LogP) is -0.214. The second-order valence-electron chi connectivity index (χ2n) is 4.48. The summed E-state index contributed by atoms with van der Waals surface area (Å²) in [6.07, 6.45) is -0.780. The highest BCUT2D eigenvalue weighted by Gasteiger charge is 2.60. The number of aliphatic hydroxyl groups excluding tert-OH is 1. The average molecular weight is 241 g/mol. The molecule has 2 heterocycles. The number of aliphatic hydroxyl groups is 1. The molecule has 0 spiro atoms. The zero-order valence-corrected chi connectivity index (χ0v) is 9.88. The van der Waals surface area contributed by atoms with Crippen LogP contribution in [0.3, 0.4) is 0 Å². The Morgan fingerprint density at radius 1 is 1.53 bits per heavy atom. The molecular weight excluding hydrogens is 226 g/mol. The molecule has 0 radical (unpaired) electrons. The Balaban J connectivity index is 2.39. The van der Waals surface area contributed by atoms with Crippen LogP contribution in [0.15, 0.2) is 11.5 Å². The van der Waals surface area contributed by atoms with Crippen LogP contribution in [0.25, 0.3) is 0 Å². The number of carbonyl (C=O) groups is 2. The molecule has 0 saturated carbocycles. The minimum atomic E-state index is -1.17. The molecule has 1 amide bonds. The van der Waals surface area contributed by atoms with E-state index in [0.717, 1.165) is 0 Å². The summed E-state index contributed by atoms with van der Waals surface area (Å²) in [5, 5.41) is 18.6. The number of nitrogens with zero attached hydrogens (tertiary/aromatic N) is 1. The van der Waals surface area contributed by atoms with E-state index in [9.17, 15) is 14.7 Å². The van der Waals surface area contributed by atoms with Gasteiger partial charge in [0, 0.05) is 5.92 Å². The lowest BCUT2D eigenvalue weighted by Gasteiger charge is -2.45. The van der Waals surface area contributed by atoms with Crippen molar-refractivity contribution in [1.29, 1.82) is 0 Å². The Labute approximate surface area is 98.5 Å². The van der Waals surface area contributed by atoms with Crippen molar-refractivity contribution in [2.24, 2.45) is 11.8 Å². The summed E-state index contributed by atoms with van der Waals surface area (Å²) in [5.41, 5.74) is -0.0908. The maximum absolute atomic E-state index is 11.8. The van der Waals surface area contributed by atoms with E-state index in [1.54, 1.807) is 6.92 Å². The molecule has 1 unspecified atom stereocenters. The lowest BCUT2D eigenvalue weighted by Crippen LogP contribution is -2.63. The number of β-lactam (4-membered cyclic amide) rings is 1. The number of carbonyl (C=O) groups excluding carboxylic acids is 1. The quantitative estimate of drug-likeness (QED) is 0.667. The third kappa shape index (κ3) is 1.37. The number of carboxylic acids is 1. The molecule has 2 aliphatic rings. The molecular formula is C11H15NO5. The Morgan fingerprint density at radius 3 is 2.53 bits per heavy atom.